The Morgan fingerprint density at radius 3 is 2.74 bits per heavy atom. The minimum Gasteiger partial charge on any atom is -0.477 e. The maximum Gasteiger partial charge on any atom is 0.347 e. The van der Waals surface area contributed by atoms with Gasteiger partial charge in [-0.05, 0) is 19.3 Å². The van der Waals surface area contributed by atoms with E-state index in [-0.39, 0.29) is 10.9 Å². The average Bonchev–Trinajstić information content (AvgIpc) is 3.03. The molecule has 1 N–H and O–H groups in total. The van der Waals surface area contributed by atoms with Gasteiger partial charge in [0.05, 0.1) is 5.69 Å². The number of aromatic nitrogens is 1. The van der Waals surface area contributed by atoms with Crippen LogP contribution in [0.25, 0.3) is 0 Å². The van der Waals surface area contributed by atoms with E-state index in [0.717, 1.165) is 24.3 Å². The van der Waals surface area contributed by atoms with Gasteiger partial charge in [0.2, 0.25) is 0 Å². The smallest absolute Gasteiger partial charge is 0.347 e. The summed E-state index contributed by atoms with van der Waals surface area (Å²) >= 11 is 1.07. The first-order valence-electron chi connectivity index (χ1n) is 8.21. The van der Waals surface area contributed by atoms with Crippen molar-refractivity contribution in [2.45, 2.75) is 46.5 Å². The number of hydrogen-bond acceptors (Lipinski definition) is 4. The third-order valence-electron chi connectivity index (χ3n) is 4.14. The zero-order chi connectivity index (χ0) is 17.0. The lowest BCUT2D eigenvalue weighted by Crippen LogP contribution is -2.34. The van der Waals surface area contributed by atoms with Crippen molar-refractivity contribution >= 4 is 28.5 Å². The van der Waals surface area contributed by atoms with Gasteiger partial charge in [0, 0.05) is 19.6 Å². The normalized spacial score (nSPS) is 16.2. The number of carbonyl (C=O) groups is 2. The number of aromatic carboxylic acids is 1. The zero-order valence-electron chi connectivity index (χ0n) is 14.0. The molecule has 23 heavy (non-hydrogen) atoms. The highest BCUT2D eigenvalue weighted by Crippen LogP contribution is 2.29. The van der Waals surface area contributed by atoms with Gasteiger partial charge in [0.1, 0.15) is 4.88 Å². The van der Waals surface area contributed by atoms with Crippen LogP contribution in [-0.4, -0.2) is 46.6 Å². The average molecular weight is 339 g/mol. The number of urea groups is 1. The fourth-order valence-electron chi connectivity index (χ4n) is 2.84. The second kappa shape index (κ2) is 7.77. The molecule has 2 rings (SSSR count). The van der Waals surface area contributed by atoms with E-state index in [4.69, 9.17) is 5.11 Å². The number of unbranched alkanes of at least 4 members (excludes halogenated alkanes) is 2. The highest BCUT2D eigenvalue weighted by Gasteiger charge is 2.33. The molecule has 0 aromatic carbocycles. The van der Waals surface area contributed by atoms with Crippen LogP contribution in [0.5, 0.6) is 0 Å². The van der Waals surface area contributed by atoms with Crippen LogP contribution < -0.4 is 4.90 Å². The topological polar surface area (TPSA) is 73.7 Å². The molecule has 2 heterocycles. The number of thiazole rings is 1. The van der Waals surface area contributed by atoms with Crippen LogP contribution in [-0.2, 0) is 0 Å². The van der Waals surface area contributed by atoms with E-state index in [1.54, 1.807) is 11.8 Å². The molecule has 1 unspecified atom stereocenters. The summed E-state index contributed by atoms with van der Waals surface area (Å²) in [6.45, 7) is 8.05. The standard InChI is InChI=1S/C16H25N3O3S/c1-4-5-6-7-11(2)10-18-8-9-19(16(18)22)15-17-12(3)13(23-15)14(20)21/h11H,4-10H2,1-3H3,(H,20,21). The molecule has 1 aliphatic heterocycles. The highest BCUT2D eigenvalue weighted by atomic mass is 32.1. The number of anilines is 1. The van der Waals surface area contributed by atoms with Crippen molar-refractivity contribution in [2.75, 3.05) is 24.5 Å². The lowest BCUT2D eigenvalue weighted by molar-refractivity contribution is 0.0701. The predicted molar refractivity (Wildman–Crippen MR) is 91.4 cm³/mol. The van der Waals surface area contributed by atoms with E-state index in [0.29, 0.717) is 29.8 Å². The summed E-state index contributed by atoms with van der Waals surface area (Å²) in [6, 6.07) is -0.0574. The van der Waals surface area contributed by atoms with Gasteiger partial charge >= 0.3 is 12.0 Å². The van der Waals surface area contributed by atoms with Crippen LogP contribution in [0.4, 0.5) is 9.93 Å². The molecule has 1 aromatic rings. The van der Waals surface area contributed by atoms with E-state index in [2.05, 4.69) is 18.8 Å². The summed E-state index contributed by atoms with van der Waals surface area (Å²) in [5.74, 6) is -0.502. The molecular weight excluding hydrogens is 314 g/mol. The van der Waals surface area contributed by atoms with Crippen molar-refractivity contribution < 1.29 is 14.7 Å². The number of nitrogens with zero attached hydrogens (tertiary/aromatic N) is 3. The minimum atomic E-state index is -0.987. The van der Waals surface area contributed by atoms with E-state index in [1.165, 1.54) is 19.3 Å². The third-order valence-corrected chi connectivity index (χ3v) is 5.31. The predicted octanol–water partition coefficient (Wildman–Crippen LogP) is 3.61. The number of rotatable bonds is 8. The Kier molecular flexibility index (Phi) is 5.98. The summed E-state index contributed by atoms with van der Waals surface area (Å²) in [5.41, 5.74) is 0.469. The number of aryl methyl sites for hydroxylation is 1. The molecule has 2 amide bonds. The summed E-state index contributed by atoms with van der Waals surface area (Å²) in [6.07, 6.45) is 4.79. The van der Waals surface area contributed by atoms with E-state index < -0.39 is 5.97 Å². The Hall–Kier alpha value is -1.63. The summed E-state index contributed by atoms with van der Waals surface area (Å²) < 4.78 is 0. The molecule has 0 radical (unpaired) electrons. The summed E-state index contributed by atoms with van der Waals surface area (Å²) in [7, 11) is 0. The van der Waals surface area contributed by atoms with Gasteiger partial charge in [-0.1, -0.05) is 44.4 Å². The minimum absolute atomic E-state index is 0.0574. The molecule has 0 aliphatic carbocycles. The highest BCUT2D eigenvalue weighted by molar-refractivity contribution is 7.17. The van der Waals surface area contributed by atoms with E-state index in [9.17, 15) is 9.59 Å². The molecule has 0 spiro atoms. The molecular formula is C16H25N3O3S. The van der Waals surface area contributed by atoms with Crippen molar-refractivity contribution in [2.24, 2.45) is 5.92 Å². The Labute approximate surface area is 141 Å². The zero-order valence-corrected chi connectivity index (χ0v) is 14.9. The van der Waals surface area contributed by atoms with Crippen molar-refractivity contribution in [3.8, 4) is 0 Å². The molecule has 128 valence electrons. The first-order valence-corrected chi connectivity index (χ1v) is 9.02. The number of carbonyl (C=O) groups excluding carboxylic acids is 1. The van der Waals surface area contributed by atoms with Crippen LogP contribution in [0.15, 0.2) is 0 Å². The molecule has 1 saturated heterocycles. The van der Waals surface area contributed by atoms with E-state index in [1.807, 2.05) is 4.90 Å². The van der Waals surface area contributed by atoms with Gasteiger partial charge in [0.25, 0.3) is 0 Å². The second-order valence-corrected chi connectivity index (χ2v) is 7.17. The van der Waals surface area contributed by atoms with Crippen LogP contribution >= 0.6 is 11.3 Å². The van der Waals surface area contributed by atoms with Crippen LogP contribution in [0.3, 0.4) is 0 Å². The Balaban J connectivity index is 1.96. The van der Waals surface area contributed by atoms with Crippen LogP contribution in [0.2, 0.25) is 0 Å². The molecule has 1 atom stereocenters. The molecule has 7 heteroatoms. The number of hydrogen-bond donors (Lipinski definition) is 1. The molecule has 1 fully saturated rings. The molecule has 6 nitrogen and oxygen atoms in total. The van der Waals surface area contributed by atoms with Gasteiger partial charge in [-0.25, -0.2) is 14.6 Å². The SMILES string of the molecule is CCCCCC(C)CN1CCN(c2nc(C)c(C(=O)O)s2)C1=O. The largest absolute Gasteiger partial charge is 0.477 e. The first-order chi connectivity index (χ1) is 10.9. The Morgan fingerprint density at radius 2 is 2.13 bits per heavy atom. The lowest BCUT2D eigenvalue weighted by Gasteiger charge is -2.21. The fraction of sp³-hybridized carbons (Fsp3) is 0.688. The van der Waals surface area contributed by atoms with Gasteiger partial charge in [-0.15, -0.1) is 0 Å². The van der Waals surface area contributed by atoms with Crippen LogP contribution in [0.1, 0.15) is 54.9 Å². The van der Waals surface area contributed by atoms with Crippen molar-refractivity contribution in [3.05, 3.63) is 10.6 Å². The second-order valence-electron chi connectivity index (χ2n) is 6.20. The maximum atomic E-state index is 12.5. The maximum absolute atomic E-state index is 12.5. The van der Waals surface area contributed by atoms with Crippen molar-refractivity contribution in [1.82, 2.24) is 9.88 Å². The van der Waals surface area contributed by atoms with Crippen LogP contribution in [0, 0.1) is 12.8 Å². The number of amides is 2. The fourth-order valence-corrected chi connectivity index (χ4v) is 3.76. The summed E-state index contributed by atoms with van der Waals surface area (Å²) in [4.78, 5) is 31.6. The lowest BCUT2D eigenvalue weighted by atomic mass is 10.0. The van der Waals surface area contributed by atoms with Gasteiger partial charge in [-0.3, -0.25) is 4.90 Å². The van der Waals surface area contributed by atoms with Gasteiger partial charge < -0.3 is 10.0 Å². The third kappa shape index (κ3) is 4.22. The van der Waals surface area contributed by atoms with Crippen molar-refractivity contribution in [1.29, 1.82) is 0 Å². The summed E-state index contributed by atoms with van der Waals surface area (Å²) in [5, 5.41) is 9.61. The molecule has 0 saturated carbocycles. The first kappa shape index (κ1) is 17.7. The number of carboxylic acid groups (broad SMARTS) is 1. The van der Waals surface area contributed by atoms with Crippen molar-refractivity contribution in [3.63, 3.8) is 0 Å². The number of carboxylic acids is 1. The molecule has 0 bridgehead atoms. The van der Waals surface area contributed by atoms with E-state index >= 15 is 0 Å². The monoisotopic (exact) mass is 339 g/mol. The molecule has 1 aliphatic rings. The molecule has 1 aromatic heterocycles. The quantitative estimate of drug-likeness (QED) is 0.734. The Bertz CT molecular complexity index is 573. The van der Waals surface area contributed by atoms with Gasteiger partial charge in [-0.2, -0.15) is 0 Å². The Morgan fingerprint density at radius 1 is 1.39 bits per heavy atom. The van der Waals surface area contributed by atoms with Gasteiger partial charge in [0.15, 0.2) is 5.13 Å².